The van der Waals surface area contributed by atoms with Crippen molar-refractivity contribution in [3.63, 3.8) is 0 Å². The van der Waals surface area contributed by atoms with Gasteiger partial charge >= 0.3 is 0 Å². The quantitative estimate of drug-likeness (QED) is 0.0984. The van der Waals surface area contributed by atoms with Gasteiger partial charge in [0.2, 0.25) is 0 Å². The van der Waals surface area contributed by atoms with Crippen molar-refractivity contribution in [2.75, 3.05) is 43.9 Å². The van der Waals surface area contributed by atoms with E-state index in [1.807, 2.05) is 77.5 Å². The first-order chi connectivity index (χ1) is 25.8. The highest BCUT2D eigenvalue weighted by atomic mass is 16.5. The molecule has 0 aliphatic carbocycles. The molecule has 0 atom stereocenters. The van der Waals surface area contributed by atoms with Crippen LogP contribution < -0.4 is 20.7 Å². The average molecular weight is 713 g/mol. The van der Waals surface area contributed by atoms with Gasteiger partial charge in [0.25, 0.3) is 17.7 Å². The molecule has 1 saturated heterocycles. The van der Waals surface area contributed by atoms with Gasteiger partial charge in [-0.15, -0.1) is 0 Å². The third-order valence-corrected chi connectivity index (χ3v) is 9.49. The van der Waals surface area contributed by atoms with Gasteiger partial charge in [0, 0.05) is 44.6 Å². The molecule has 6 rings (SSSR count). The second-order valence-electron chi connectivity index (χ2n) is 13.4. The summed E-state index contributed by atoms with van der Waals surface area (Å²) >= 11 is 0. The maximum atomic E-state index is 13.5. The molecule has 2 aromatic heterocycles. The predicted molar refractivity (Wildman–Crippen MR) is 212 cm³/mol. The van der Waals surface area contributed by atoms with Gasteiger partial charge in [-0.05, 0) is 91.9 Å². The molecule has 1 aliphatic rings. The van der Waals surface area contributed by atoms with Crippen LogP contribution in [0.15, 0.2) is 103 Å². The number of aromatic nitrogens is 2. The van der Waals surface area contributed by atoms with Crippen molar-refractivity contribution in [1.82, 2.24) is 19.4 Å². The minimum absolute atomic E-state index is 0.160. The largest absolute Gasteiger partial charge is 0.497 e. The summed E-state index contributed by atoms with van der Waals surface area (Å²) in [5.74, 6) is -0.00242. The number of hydrogen-bond acceptors (Lipinski definition) is 5. The van der Waals surface area contributed by atoms with Crippen LogP contribution in [-0.2, 0) is 20.0 Å². The molecule has 0 saturated carbocycles. The molecule has 274 valence electrons. The van der Waals surface area contributed by atoms with Crippen LogP contribution in [-0.4, -0.2) is 65.0 Å². The third kappa shape index (κ3) is 10.4. The van der Waals surface area contributed by atoms with E-state index in [0.29, 0.717) is 41.4 Å². The Labute approximate surface area is 311 Å². The van der Waals surface area contributed by atoms with Crippen LogP contribution in [0.25, 0.3) is 12.2 Å². The van der Waals surface area contributed by atoms with Crippen molar-refractivity contribution in [3.05, 3.63) is 137 Å². The van der Waals surface area contributed by atoms with Gasteiger partial charge < -0.3 is 34.7 Å². The van der Waals surface area contributed by atoms with E-state index in [0.717, 1.165) is 49.4 Å². The molecule has 0 bridgehead atoms. The summed E-state index contributed by atoms with van der Waals surface area (Å²) in [5.41, 5.74) is 5.59. The van der Waals surface area contributed by atoms with E-state index in [4.69, 9.17) is 4.74 Å². The standard InChI is InChI=1S/C43H48N6O4/c1-47-30-36(45-41(50)35-20-18-33(19-21-35)16-17-34-13-9-15-38(27-34)53-2)28-39(47)43(52)46-37-29-40(42(51)44-22-26-48-23-7-4-8-24-48)49(31-37)25-10-14-32-11-5-3-6-12-32/h3,5-6,9,11-13,15-21,27-31H,4,7-8,10,14,22-26H2,1-2H3,(H,44,51)(H,45,50)(H,46,52)/b17-16+. The summed E-state index contributed by atoms with van der Waals surface area (Å²) in [6.07, 6.45) is 12.9. The Balaban J connectivity index is 1.08. The van der Waals surface area contributed by atoms with Crippen molar-refractivity contribution in [2.45, 2.75) is 38.6 Å². The monoisotopic (exact) mass is 712 g/mol. The van der Waals surface area contributed by atoms with Gasteiger partial charge in [-0.25, -0.2) is 0 Å². The Bertz CT molecular complexity index is 2020. The van der Waals surface area contributed by atoms with Crippen LogP contribution in [0, 0.1) is 0 Å². The molecular formula is C43H48N6O4. The fourth-order valence-electron chi connectivity index (χ4n) is 6.59. The maximum absolute atomic E-state index is 13.5. The first-order valence-corrected chi connectivity index (χ1v) is 18.3. The Hall–Kier alpha value is -5.87. The zero-order chi connectivity index (χ0) is 37.0. The highest BCUT2D eigenvalue weighted by molar-refractivity contribution is 6.07. The number of anilines is 2. The summed E-state index contributed by atoms with van der Waals surface area (Å²) < 4.78 is 8.88. The summed E-state index contributed by atoms with van der Waals surface area (Å²) in [5, 5.41) is 8.97. The van der Waals surface area contributed by atoms with Crippen molar-refractivity contribution in [3.8, 4) is 5.75 Å². The Morgan fingerprint density at radius 2 is 1.43 bits per heavy atom. The summed E-state index contributed by atoms with van der Waals surface area (Å²) in [6, 6.07) is 28.7. The number of carbonyl (C=O) groups excluding carboxylic acids is 3. The maximum Gasteiger partial charge on any atom is 0.272 e. The lowest BCUT2D eigenvalue weighted by Gasteiger charge is -2.26. The lowest BCUT2D eigenvalue weighted by molar-refractivity contribution is 0.0935. The number of carbonyl (C=O) groups is 3. The Morgan fingerprint density at radius 3 is 2.21 bits per heavy atom. The molecule has 1 fully saturated rings. The number of benzene rings is 3. The van der Waals surface area contributed by atoms with Crippen LogP contribution in [0.3, 0.4) is 0 Å². The lowest BCUT2D eigenvalue weighted by Crippen LogP contribution is -2.38. The molecule has 5 aromatic rings. The summed E-state index contributed by atoms with van der Waals surface area (Å²) in [6.45, 7) is 4.16. The number of rotatable bonds is 15. The molecule has 3 N–H and O–H groups in total. The van der Waals surface area contributed by atoms with Crippen LogP contribution in [0.2, 0.25) is 0 Å². The number of hydrogen-bond donors (Lipinski definition) is 3. The Kier molecular flexibility index (Phi) is 12.6. The Morgan fingerprint density at radius 1 is 0.717 bits per heavy atom. The van der Waals surface area contributed by atoms with E-state index in [2.05, 4.69) is 33.0 Å². The predicted octanol–water partition coefficient (Wildman–Crippen LogP) is 7.36. The highest BCUT2D eigenvalue weighted by Crippen LogP contribution is 2.21. The fraction of sp³-hybridized carbons (Fsp3) is 0.279. The van der Waals surface area contributed by atoms with Gasteiger partial charge in [-0.3, -0.25) is 14.4 Å². The van der Waals surface area contributed by atoms with Crippen molar-refractivity contribution >= 4 is 41.2 Å². The number of nitrogens with one attached hydrogen (secondary N) is 3. The van der Waals surface area contributed by atoms with Gasteiger partial charge in [0.1, 0.15) is 17.1 Å². The van der Waals surface area contributed by atoms with Crippen molar-refractivity contribution in [2.24, 2.45) is 7.05 Å². The van der Waals surface area contributed by atoms with Crippen molar-refractivity contribution in [1.29, 1.82) is 0 Å². The molecule has 0 unspecified atom stereocenters. The molecule has 1 aliphatic heterocycles. The number of nitrogens with zero attached hydrogens (tertiary/aromatic N) is 3. The second-order valence-corrected chi connectivity index (χ2v) is 13.4. The van der Waals surface area contributed by atoms with Gasteiger partial charge in [-0.2, -0.15) is 0 Å². The molecule has 3 amide bonds. The van der Waals surface area contributed by atoms with Gasteiger partial charge in [0.15, 0.2) is 0 Å². The van der Waals surface area contributed by atoms with Crippen LogP contribution in [0.1, 0.15) is 73.7 Å². The minimum atomic E-state index is -0.348. The first-order valence-electron chi connectivity index (χ1n) is 18.3. The zero-order valence-electron chi connectivity index (χ0n) is 30.5. The van der Waals surface area contributed by atoms with E-state index in [1.54, 1.807) is 49.2 Å². The fourth-order valence-corrected chi connectivity index (χ4v) is 6.59. The molecule has 10 heteroatoms. The molecule has 53 heavy (non-hydrogen) atoms. The third-order valence-electron chi connectivity index (χ3n) is 9.49. The number of methoxy groups -OCH3 is 1. The zero-order valence-corrected chi connectivity index (χ0v) is 30.5. The topological polar surface area (TPSA) is 110 Å². The molecule has 0 spiro atoms. The van der Waals surface area contributed by atoms with Crippen LogP contribution in [0.4, 0.5) is 11.4 Å². The van der Waals surface area contributed by atoms with E-state index in [1.165, 1.54) is 24.8 Å². The summed E-state index contributed by atoms with van der Waals surface area (Å²) in [4.78, 5) is 42.4. The molecular weight excluding hydrogens is 665 g/mol. The van der Waals surface area contributed by atoms with Crippen molar-refractivity contribution < 1.29 is 19.1 Å². The lowest BCUT2D eigenvalue weighted by atomic mass is 10.1. The van der Waals surface area contributed by atoms with E-state index in [9.17, 15) is 14.4 Å². The first kappa shape index (κ1) is 36.9. The molecule has 0 radical (unpaired) electrons. The van der Waals surface area contributed by atoms with E-state index >= 15 is 0 Å². The molecule has 3 aromatic carbocycles. The van der Waals surface area contributed by atoms with Gasteiger partial charge in [0.05, 0.1) is 18.5 Å². The molecule has 3 heterocycles. The minimum Gasteiger partial charge on any atom is -0.497 e. The SMILES string of the molecule is COc1cccc(/C=C/c2ccc(C(=O)Nc3cc(C(=O)Nc4cc(C(=O)NCCN5CCCCC5)n(CCCc5ccccc5)c4)n(C)c3)cc2)c1. The van der Waals surface area contributed by atoms with E-state index < -0.39 is 0 Å². The number of aryl methyl sites for hydroxylation is 3. The van der Waals surface area contributed by atoms with Crippen LogP contribution in [0.5, 0.6) is 5.75 Å². The average Bonchev–Trinajstić information content (AvgIpc) is 3.77. The number of amides is 3. The van der Waals surface area contributed by atoms with E-state index in [-0.39, 0.29) is 17.7 Å². The normalized spacial score (nSPS) is 13.2. The second kappa shape index (κ2) is 18.1. The smallest absolute Gasteiger partial charge is 0.272 e. The number of piperidine rings is 1. The highest BCUT2D eigenvalue weighted by Gasteiger charge is 2.19. The number of likely N-dealkylation sites (tertiary alicyclic amines) is 1. The molecule has 10 nitrogen and oxygen atoms in total. The van der Waals surface area contributed by atoms with Gasteiger partial charge in [-0.1, -0.05) is 73.2 Å². The number of ether oxygens (including phenoxy) is 1. The van der Waals surface area contributed by atoms with Crippen LogP contribution >= 0.6 is 0 Å². The summed E-state index contributed by atoms with van der Waals surface area (Å²) in [7, 11) is 3.39.